The van der Waals surface area contributed by atoms with Gasteiger partial charge in [0.25, 0.3) is 0 Å². The second-order valence-corrected chi connectivity index (χ2v) is 9.03. The van der Waals surface area contributed by atoms with Crippen LogP contribution in [-0.4, -0.2) is 46.6 Å². The Morgan fingerprint density at radius 3 is 2.59 bits per heavy atom. The van der Waals surface area contributed by atoms with Gasteiger partial charge in [-0.2, -0.15) is 0 Å². The van der Waals surface area contributed by atoms with E-state index in [1.807, 2.05) is 0 Å². The van der Waals surface area contributed by atoms with Crippen molar-refractivity contribution in [3.63, 3.8) is 0 Å². The minimum atomic E-state index is -0.961. The molecule has 0 aromatic carbocycles. The molecule has 1 aliphatic heterocycles. The molecule has 1 fully saturated rings. The van der Waals surface area contributed by atoms with Gasteiger partial charge < -0.3 is 15.3 Å². The number of amides is 1. The molecule has 7 nitrogen and oxygen atoms in total. The van der Waals surface area contributed by atoms with Crippen molar-refractivity contribution >= 4 is 39.2 Å². The fourth-order valence-corrected chi connectivity index (χ4v) is 4.28. The molecule has 1 saturated heterocycles. The highest BCUT2D eigenvalue weighted by atomic mass is 32.1. The number of carbonyl (C=O) groups is 2. The predicted molar refractivity (Wildman–Crippen MR) is 106 cm³/mol. The molecule has 1 amide bonds. The Morgan fingerprint density at radius 2 is 1.96 bits per heavy atom. The molecule has 27 heavy (non-hydrogen) atoms. The number of fused-ring (bicyclic) bond motifs is 1. The second kappa shape index (κ2) is 7.42. The number of hydrogen-bond acceptors (Lipinski definition) is 6. The summed E-state index contributed by atoms with van der Waals surface area (Å²) in [4.78, 5) is 37.0. The van der Waals surface area contributed by atoms with Gasteiger partial charge >= 0.3 is 5.97 Å². The predicted octanol–water partition coefficient (Wildman–Crippen LogP) is 2.75. The number of aromatic nitrogens is 2. The lowest BCUT2D eigenvalue weighted by Crippen LogP contribution is -2.44. The van der Waals surface area contributed by atoms with Gasteiger partial charge in [0.2, 0.25) is 5.91 Å². The minimum Gasteiger partial charge on any atom is -0.481 e. The minimum absolute atomic E-state index is 0.0561. The summed E-state index contributed by atoms with van der Waals surface area (Å²) in [5, 5.41) is 13.1. The Labute approximate surface area is 162 Å². The summed E-state index contributed by atoms with van der Waals surface area (Å²) >= 11 is 1.68. The quantitative estimate of drug-likeness (QED) is 0.815. The Bertz CT molecular complexity index is 869. The molecule has 0 unspecified atom stereocenters. The molecule has 0 spiro atoms. The zero-order valence-corrected chi connectivity index (χ0v) is 17.0. The van der Waals surface area contributed by atoms with Gasteiger partial charge in [-0.25, -0.2) is 9.97 Å². The highest BCUT2D eigenvalue weighted by Gasteiger charge is 2.31. The highest BCUT2D eigenvalue weighted by molar-refractivity contribution is 7.18. The standard InChI is InChI=1S/C19H26N4O3S/c1-11-12(2)27-17-14(11)15(21-10-22-17)23-7-5-13(6-8-23)16(24)20-9-19(3,4)18(25)26/h10,13H,5-9H2,1-4H3,(H,20,24)(H,25,26). The van der Waals surface area contributed by atoms with Crippen LogP contribution in [0, 0.1) is 25.2 Å². The Balaban J connectivity index is 1.64. The topological polar surface area (TPSA) is 95.4 Å². The first-order valence-corrected chi connectivity index (χ1v) is 9.99. The Morgan fingerprint density at radius 1 is 1.30 bits per heavy atom. The van der Waals surface area contributed by atoms with Crippen molar-refractivity contribution < 1.29 is 14.7 Å². The molecule has 8 heteroatoms. The van der Waals surface area contributed by atoms with Crippen molar-refractivity contribution in [3.05, 3.63) is 16.8 Å². The van der Waals surface area contributed by atoms with E-state index in [4.69, 9.17) is 5.11 Å². The fourth-order valence-electron chi connectivity index (χ4n) is 3.29. The molecule has 2 N–H and O–H groups in total. The number of nitrogens with one attached hydrogen (secondary N) is 1. The third-order valence-electron chi connectivity index (χ3n) is 5.39. The Hall–Kier alpha value is -2.22. The van der Waals surface area contributed by atoms with Crippen molar-refractivity contribution in [2.24, 2.45) is 11.3 Å². The lowest BCUT2D eigenvalue weighted by atomic mass is 9.92. The lowest BCUT2D eigenvalue weighted by molar-refractivity contribution is -0.146. The van der Waals surface area contributed by atoms with E-state index >= 15 is 0 Å². The van der Waals surface area contributed by atoms with E-state index in [0.29, 0.717) is 0 Å². The molecular weight excluding hydrogens is 364 g/mol. The molecule has 3 rings (SSSR count). The second-order valence-electron chi connectivity index (χ2n) is 7.83. The number of thiophene rings is 1. The van der Waals surface area contributed by atoms with E-state index < -0.39 is 11.4 Å². The zero-order chi connectivity index (χ0) is 19.8. The number of carbonyl (C=O) groups excluding carboxylic acids is 1. The first-order chi connectivity index (χ1) is 12.7. The highest BCUT2D eigenvalue weighted by Crippen LogP contribution is 2.35. The number of aryl methyl sites for hydroxylation is 2. The average Bonchev–Trinajstić information content (AvgIpc) is 2.94. The number of carboxylic acid groups (broad SMARTS) is 1. The monoisotopic (exact) mass is 390 g/mol. The van der Waals surface area contributed by atoms with Crippen LogP contribution in [0.15, 0.2) is 6.33 Å². The Kier molecular flexibility index (Phi) is 5.37. The number of anilines is 1. The maximum absolute atomic E-state index is 12.4. The van der Waals surface area contributed by atoms with Gasteiger partial charge in [-0.3, -0.25) is 9.59 Å². The molecule has 2 aromatic rings. The molecular formula is C19H26N4O3S. The summed E-state index contributed by atoms with van der Waals surface area (Å²) in [5.41, 5.74) is 0.262. The number of aliphatic carboxylic acids is 1. The molecule has 0 aliphatic carbocycles. The SMILES string of the molecule is Cc1sc2ncnc(N3CCC(C(=O)NCC(C)(C)C(=O)O)CC3)c2c1C. The maximum atomic E-state index is 12.4. The molecule has 0 bridgehead atoms. The van der Waals surface area contributed by atoms with Crippen molar-refractivity contribution in [2.75, 3.05) is 24.5 Å². The first kappa shape index (κ1) is 19.5. The van der Waals surface area contributed by atoms with E-state index in [1.165, 1.54) is 10.4 Å². The van der Waals surface area contributed by atoms with E-state index in [-0.39, 0.29) is 18.4 Å². The molecule has 2 aromatic heterocycles. The van der Waals surface area contributed by atoms with E-state index in [0.717, 1.165) is 42.0 Å². The number of hydrogen-bond donors (Lipinski definition) is 2. The van der Waals surface area contributed by atoms with E-state index in [1.54, 1.807) is 31.5 Å². The average molecular weight is 391 g/mol. The normalized spacial score (nSPS) is 15.9. The largest absolute Gasteiger partial charge is 0.481 e. The van der Waals surface area contributed by atoms with Crippen LogP contribution in [0.25, 0.3) is 10.2 Å². The van der Waals surface area contributed by atoms with Gasteiger partial charge in [-0.15, -0.1) is 11.3 Å². The molecule has 0 radical (unpaired) electrons. The van der Waals surface area contributed by atoms with Gasteiger partial charge in [0.15, 0.2) is 0 Å². The van der Waals surface area contributed by atoms with Crippen LogP contribution < -0.4 is 10.2 Å². The number of nitrogens with zero attached hydrogens (tertiary/aromatic N) is 3. The third kappa shape index (κ3) is 3.90. The summed E-state index contributed by atoms with van der Waals surface area (Å²) in [6.07, 6.45) is 3.07. The van der Waals surface area contributed by atoms with E-state index in [9.17, 15) is 9.59 Å². The van der Waals surface area contributed by atoms with Gasteiger partial charge in [0.05, 0.1) is 10.8 Å². The number of rotatable bonds is 5. The maximum Gasteiger partial charge on any atom is 0.310 e. The number of carboxylic acids is 1. The molecule has 0 saturated carbocycles. The molecule has 3 heterocycles. The summed E-state index contributed by atoms with van der Waals surface area (Å²) in [6, 6.07) is 0. The van der Waals surface area contributed by atoms with Crippen molar-refractivity contribution in [2.45, 2.75) is 40.5 Å². The van der Waals surface area contributed by atoms with Gasteiger partial charge in [0, 0.05) is 30.4 Å². The van der Waals surface area contributed by atoms with Crippen LogP contribution in [0.3, 0.4) is 0 Å². The van der Waals surface area contributed by atoms with Crippen LogP contribution in [0.5, 0.6) is 0 Å². The molecule has 1 aliphatic rings. The lowest BCUT2D eigenvalue weighted by Gasteiger charge is -2.33. The van der Waals surface area contributed by atoms with Crippen molar-refractivity contribution in [1.29, 1.82) is 0 Å². The number of piperidine rings is 1. The summed E-state index contributed by atoms with van der Waals surface area (Å²) in [6.45, 7) is 9.07. The van der Waals surface area contributed by atoms with Crippen molar-refractivity contribution in [3.8, 4) is 0 Å². The molecule has 0 atom stereocenters. The fraction of sp³-hybridized carbons (Fsp3) is 0.579. The van der Waals surface area contributed by atoms with Crippen LogP contribution in [0.1, 0.15) is 37.1 Å². The van der Waals surface area contributed by atoms with Crippen LogP contribution in [-0.2, 0) is 9.59 Å². The third-order valence-corrected chi connectivity index (χ3v) is 6.51. The summed E-state index contributed by atoms with van der Waals surface area (Å²) in [7, 11) is 0. The van der Waals surface area contributed by atoms with Gasteiger partial charge in [-0.05, 0) is 46.1 Å². The zero-order valence-electron chi connectivity index (χ0n) is 16.2. The van der Waals surface area contributed by atoms with Crippen molar-refractivity contribution in [1.82, 2.24) is 15.3 Å². The summed E-state index contributed by atoms with van der Waals surface area (Å²) < 4.78 is 0. The summed E-state index contributed by atoms with van der Waals surface area (Å²) in [5.74, 6) is -0.104. The van der Waals surface area contributed by atoms with Crippen LogP contribution in [0.4, 0.5) is 5.82 Å². The van der Waals surface area contributed by atoms with Crippen LogP contribution >= 0.6 is 11.3 Å². The smallest absolute Gasteiger partial charge is 0.310 e. The van der Waals surface area contributed by atoms with Gasteiger partial charge in [-0.1, -0.05) is 0 Å². The first-order valence-electron chi connectivity index (χ1n) is 9.17. The molecule has 146 valence electrons. The van der Waals surface area contributed by atoms with Crippen LogP contribution in [0.2, 0.25) is 0 Å². The van der Waals surface area contributed by atoms with E-state index in [2.05, 4.69) is 34.0 Å². The van der Waals surface area contributed by atoms with Gasteiger partial charge in [0.1, 0.15) is 17.0 Å².